The van der Waals surface area contributed by atoms with E-state index >= 15 is 0 Å². The van der Waals surface area contributed by atoms with Crippen molar-refractivity contribution in [3.63, 3.8) is 0 Å². The summed E-state index contributed by atoms with van der Waals surface area (Å²) in [7, 11) is -0.983. The van der Waals surface area contributed by atoms with Crippen molar-refractivity contribution in [2.24, 2.45) is 0 Å². The van der Waals surface area contributed by atoms with E-state index in [0.717, 1.165) is 5.56 Å². The fourth-order valence-electron chi connectivity index (χ4n) is 2.58. The Bertz CT molecular complexity index is 611. The van der Waals surface area contributed by atoms with Crippen LogP contribution in [-0.4, -0.2) is 50.4 Å². The van der Waals surface area contributed by atoms with Gasteiger partial charge in [-0.05, 0) is 26.0 Å². The third-order valence-corrected chi connectivity index (χ3v) is 5.88. The van der Waals surface area contributed by atoms with Crippen molar-refractivity contribution in [2.75, 3.05) is 25.1 Å². The van der Waals surface area contributed by atoms with E-state index in [1.54, 1.807) is 0 Å². The average molecular weight is 324 g/mol. The number of carbonyl (C=O) groups is 1. The molecule has 0 aromatic heterocycles. The quantitative estimate of drug-likeness (QED) is 0.851. The Morgan fingerprint density at radius 2 is 2.00 bits per heavy atom. The van der Waals surface area contributed by atoms with Crippen LogP contribution < -0.4 is 5.32 Å². The molecule has 1 aromatic carbocycles. The highest BCUT2D eigenvalue weighted by Crippen LogP contribution is 2.16. The highest BCUT2D eigenvalue weighted by Gasteiger charge is 2.30. The van der Waals surface area contributed by atoms with Gasteiger partial charge in [-0.3, -0.25) is 4.79 Å². The van der Waals surface area contributed by atoms with Crippen LogP contribution in [0.2, 0.25) is 0 Å². The number of hydrogen-bond acceptors (Lipinski definition) is 4. The molecule has 122 valence electrons. The Hall–Kier alpha value is -1.40. The Morgan fingerprint density at radius 1 is 1.32 bits per heavy atom. The molecule has 0 bridgehead atoms. The number of benzene rings is 1. The molecule has 0 radical (unpaired) electrons. The molecule has 0 saturated carbocycles. The largest absolute Gasteiger partial charge is 0.352 e. The minimum atomic E-state index is -2.87. The van der Waals surface area contributed by atoms with Crippen LogP contribution in [0.3, 0.4) is 0 Å². The number of aryl methyl sites for hydroxylation is 1. The molecule has 1 amide bonds. The van der Waals surface area contributed by atoms with Crippen LogP contribution in [0.1, 0.15) is 24.0 Å². The molecule has 1 atom stereocenters. The zero-order valence-corrected chi connectivity index (χ0v) is 14.0. The highest BCUT2D eigenvalue weighted by atomic mass is 32.2. The Morgan fingerprint density at radius 3 is 2.59 bits per heavy atom. The van der Waals surface area contributed by atoms with Crippen molar-refractivity contribution in [3.8, 4) is 0 Å². The van der Waals surface area contributed by atoms with Gasteiger partial charge in [-0.1, -0.05) is 29.8 Å². The van der Waals surface area contributed by atoms with Gasteiger partial charge in [0, 0.05) is 25.6 Å². The lowest BCUT2D eigenvalue weighted by Crippen LogP contribution is -2.36. The maximum Gasteiger partial charge on any atom is 0.221 e. The van der Waals surface area contributed by atoms with Crippen LogP contribution in [-0.2, 0) is 21.2 Å². The average Bonchev–Trinajstić information content (AvgIpc) is 2.84. The van der Waals surface area contributed by atoms with Gasteiger partial charge in [-0.15, -0.1) is 0 Å². The van der Waals surface area contributed by atoms with Crippen LogP contribution in [0.15, 0.2) is 24.3 Å². The predicted molar refractivity (Wildman–Crippen MR) is 87.3 cm³/mol. The minimum absolute atomic E-state index is 0.00622. The van der Waals surface area contributed by atoms with E-state index in [9.17, 15) is 13.2 Å². The van der Waals surface area contributed by atoms with Crippen LogP contribution >= 0.6 is 0 Å². The van der Waals surface area contributed by atoms with Crippen molar-refractivity contribution in [2.45, 2.75) is 32.4 Å². The summed E-state index contributed by atoms with van der Waals surface area (Å²) in [5, 5.41) is 2.90. The molecular formula is C16H24N2O3S. The fourth-order valence-corrected chi connectivity index (χ4v) is 4.38. The molecule has 1 aromatic rings. The van der Waals surface area contributed by atoms with Crippen LogP contribution in [0, 0.1) is 6.92 Å². The second kappa shape index (κ2) is 7.24. The molecule has 1 unspecified atom stereocenters. The van der Waals surface area contributed by atoms with E-state index in [2.05, 4.69) is 5.32 Å². The van der Waals surface area contributed by atoms with Gasteiger partial charge in [0.15, 0.2) is 9.84 Å². The zero-order valence-electron chi connectivity index (χ0n) is 13.2. The summed E-state index contributed by atoms with van der Waals surface area (Å²) in [6.07, 6.45) is 1.06. The van der Waals surface area contributed by atoms with Gasteiger partial charge in [-0.25, -0.2) is 8.42 Å². The fraction of sp³-hybridized carbons (Fsp3) is 0.562. The first-order valence-corrected chi connectivity index (χ1v) is 9.41. The molecule has 6 heteroatoms. The standard InChI is InChI=1S/C16H24N2O3S/c1-13-3-5-14(6-4-13)11-17-16(19)7-9-18(2)15-8-10-22(20,21)12-15/h3-6,15H,7-12H2,1-2H3,(H,17,19). The SMILES string of the molecule is Cc1ccc(CNC(=O)CCN(C)C2CCS(=O)(=O)C2)cc1. The van der Waals surface area contributed by atoms with Crippen LogP contribution in [0.25, 0.3) is 0 Å². The lowest BCUT2D eigenvalue weighted by Gasteiger charge is -2.22. The van der Waals surface area contributed by atoms with E-state index in [-0.39, 0.29) is 23.5 Å². The molecule has 1 aliphatic heterocycles. The number of rotatable bonds is 6. The van der Waals surface area contributed by atoms with E-state index < -0.39 is 9.84 Å². The topological polar surface area (TPSA) is 66.5 Å². The lowest BCUT2D eigenvalue weighted by molar-refractivity contribution is -0.121. The Labute approximate surface area is 132 Å². The van der Waals surface area contributed by atoms with Crippen molar-refractivity contribution >= 4 is 15.7 Å². The van der Waals surface area contributed by atoms with Gasteiger partial charge in [0.2, 0.25) is 5.91 Å². The molecule has 22 heavy (non-hydrogen) atoms. The second-order valence-corrected chi connectivity index (χ2v) is 8.28. The molecule has 5 nitrogen and oxygen atoms in total. The van der Waals surface area contributed by atoms with Gasteiger partial charge >= 0.3 is 0 Å². The van der Waals surface area contributed by atoms with E-state index in [1.807, 2.05) is 43.1 Å². The molecule has 0 spiro atoms. The van der Waals surface area contributed by atoms with Crippen molar-refractivity contribution < 1.29 is 13.2 Å². The third kappa shape index (κ3) is 5.10. The number of hydrogen-bond donors (Lipinski definition) is 1. The molecule has 0 aliphatic carbocycles. The number of carbonyl (C=O) groups excluding carboxylic acids is 1. The normalized spacial score (nSPS) is 20.2. The number of amides is 1. The van der Waals surface area contributed by atoms with Crippen molar-refractivity contribution in [3.05, 3.63) is 35.4 Å². The number of sulfone groups is 1. The first-order valence-electron chi connectivity index (χ1n) is 7.58. The highest BCUT2D eigenvalue weighted by molar-refractivity contribution is 7.91. The zero-order chi connectivity index (χ0) is 16.2. The summed E-state index contributed by atoms with van der Waals surface area (Å²) in [4.78, 5) is 13.9. The smallest absolute Gasteiger partial charge is 0.221 e. The van der Waals surface area contributed by atoms with Crippen molar-refractivity contribution in [1.82, 2.24) is 10.2 Å². The van der Waals surface area contributed by atoms with Crippen LogP contribution in [0.5, 0.6) is 0 Å². The van der Waals surface area contributed by atoms with Crippen LogP contribution in [0.4, 0.5) is 0 Å². The summed E-state index contributed by atoms with van der Waals surface area (Å²) < 4.78 is 22.9. The maximum atomic E-state index is 11.9. The van der Waals surface area contributed by atoms with Gasteiger partial charge in [0.1, 0.15) is 0 Å². The molecule has 1 N–H and O–H groups in total. The summed E-state index contributed by atoms with van der Waals surface area (Å²) in [5.74, 6) is 0.476. The summed E-state index contributed by atoms with van der Waals surface area (Å²) in [5.41, 5.74) is 2.28. The Balaban J connectivity index is 1.70. The van der Waals surface area contributed by atoms with E-state index in [0.29, 0.717) is 25.9 Å². The van der Waals surface area contributed by atoms with Gasteiger partial charge in [-0.2, -0.15) is 0 Å². The monoisotopic (exact) mass is 324 g/mol. The molecule has 1 aliphatic rings. The van der Waals surface area contributed by atoms with Gasteiger partial charge in [0.25, 0.3) is 0 Å². The first kappa shape index (κ1) is 17.0. The minimum Gasteiger partial charge on any atom is -0.352 e. The molecular weight excluding hydrogens is 300 g/mol. The molecule has 1 fully saturated rings. The molecule has 1 heterocycles. The first-order chi connectivity index (χ1) is 10.4. The Kier molecular flexibility index (Phi) is 5.58. The predicted octanol–water partition coefficient (Wildman–Crippen LogP) is 1.12. The summed E-state index contributed by atoms with van der Waals surface area (Å²) in [6.45, 7) is 3.14. The second-order valence-electron chi connectivity index (χ2n) is 6.05. The molecule has 1 saturated heterocycles. The van der Waals surface area contributed by atoms with Crippen molar-refractivity contribution in [1.29, 1.82) is 0 Å². The molecule has 2 rings (SSSR count). The van der Waals surface area contributed by atoms with Gasteiger partial charge < -0.3 is 10.2 Å². The number of nitrogens with zero attached hydrogens (tertiary/aromatic N) is 1. The summed E-state index contributed by atoms with van der Waals surface area (Å²) in [6, 6.07) is 8.11. The van der Waals surface area contributed by atoms with Gasteiger partial charge in [0.05, 0.1) is 11.5 Å². The van der Waals surface area contributed by atoms with E-state index in [4.69, 9.17) is 0 Å². The van der Waals surface area contributed by atoms with E-state index in [1.165, 1.54) is 5.56 Å². The number of nitrogens with one attached hydrogen (secondary N) is 1. The third-order valence-electron chi connectivity index (χ3n) is 4.13. The summed E-state index contributed by atoms with van der Waals surface area (Å²) >= 11 is 0. The lowest BCUT2D eigenvalue weighted by atomic mass is 10.1. The maximum absolute atomic E-state index is 11.9.